The highest BCUT2D eigenvalue weighted by atomic mass is 35.5. The van der Waals surface area contributed by atoms with E-state index in [4.69, 9.17) is 27.9 Å². The van der Waals surface area contributed by atoms with Gasteiger partial charge in [0.2, 0.25) is 0 Å². The molecule has 5 rings (SSSR count). The minimum absolute atomic E-state index is 0.147. The van der Waals surface area contributed by atoms with Crippen molar-refractivity contribution in [3.05, 3.63) is 111 Å². The molecule has 0 unspecified atom stereocenters. The molecule has 7 heteroatoms. The van der Waals surface area contributed by atoms with E-state index in [0.717, 1.165) is 28.6 Å². The number of halogens is 2. The molecule has 4 aromatic rings. The van der Waals surface area contributed by atoms with Crippen molar-refractivity contribution in [3.8, 4) is 5.75 Å². The van der Waals surface area contributed by atoms with Crippen LogP contribution in [0.4, 0.5) is 5.69 Å². The van der Waals surface area contributed by atoms with Crippen LogP contribution < -0.4 is 15.4 Å². The van der Waals surface area contributed by atoms with Gasteiger partial charge in [0.1, 0.15) is 6.61 Å². The number of thioether (sulfide) groups is 1. The lowest BCUT2D eigenvalue weighted by Gasteiger charge is -2.13. The predicted molar refractivity (Wildman–Crippen MR) is 152 cm³/mol. The van der Waals surface area contributed by atoms with Crippen molar-refractivity contribution in [1.82, 2.24) is 5.32 Å². The number of fused-ring (bicyclic) bond motifs is 1. The monoisotopic (exact) mass is 534 g/mol. The molecule has 182 valence electrons. The molecule has 0 saturated carbocycles. The fourth-order valence-electron chi connectivity index (χ4n) is 3.99. The lowest BCUT2D eigenvalue weighted by Crippen LogP contribution is -2.30. The molecule has 1 heterocycles. The number of benzene rings is 4. The lowest BCUT2D eigenvalue weighted by atomic mass is 10.1. The Balaban J connectivity index is 1.26. The zero-order valence-corrected chi connectivity index (χ0v) is 21.9. The summed E-state index contributed by atoms with van der Waals surface area (Å²) in [4.78, 5) is 13.1. The van der Waals surface area contributed by atoms with Gasteiger partial charge in [0.15, 0.2) is 11.2 Å². The second-order valence-electron chi connectivity index (χ2n) is 8.46. The first-order chi connectivity index (χ1) is 17.5. The molecule has 1 saturated heterocycles. The second kappa shape index (κ2) is 10.9. The van der Waals surface area contributed by atoms with Gasteiger partial charge < -0.3 is 15.4 Å². The van der Waals surface area contributed by atoms with Crippen LogP contribution in [0.15, 0.2) is 83.8 Å². The summed E-state index contributed by atoms with van der Waals surface area (Å²) in [5.74, 6) is 0.277. The van der Waals surface area contributed by atoms with E-state index in [1.807, 2.05) is 30.3 Å². The van der Waals surface area contributed by atoms with Gasteiger partial charge in [0.05, 0.1) is 15.0 Å². The second-order valence-corrected chi connectivity index (χ2v) is 10.4. The van der Waals surface area contributed by atoms with Gasteiger partial charge >= 0.3 is 0 Å². The Morgan fingerprint density at radius 2 is 1.64 bits per heavy atom. The average Bonchev–Trinajstić information content (AvgIpc) is 3.22. The number of aryl methyl sites for hydroxylation is 1. The first-order valence-corrected chi connectivity index (χ1v) is 13.3. The van der Waals surface area contributed by atoms with E-state index < -0.39 is 0 Å². The van der Waals surface area contributed by atoms with Crippen molar-refractivity contribution < 1.29 is 9.53 Å². The fourth-order valence-corrected chi connectivity index (χ4v) is 5.59. The van der Waals surface area contributed by atoms with Crippen LogP contribution in [0.1, 0.15) is 23.6 Å². The number of carbonyl (C=O) groups excluding carboxylic acids is 1. The van der Waals surface area contributed by atoms with Crippen LogP contribution in [0.5, 0.6) is 5.75 Å². The summed E-state index contributed by atoms with van der Waals surface area (Å²) in [6.45, 7) is 2.46. The standard InChI is InChI=1S/C29H24Cl2N2O2S/c1-2-18-8-11-23(12-9-18)32-29-33-28(34)26(36-29)16-20-14-24(30)27(25(31)15-20)35-17-19-7-10-21-5-3-4-6-22(21)13-19/h3-16,29,32H,2,17H2,1H3,(H,33,34)/b26-16-/t29-/m0/s1. The molecule has 1 fully saturated rings. The lowest BCUT2D eigenvalue weighted by molar-refractivity contribution is -0.116. The number of rotatable bonds is 7. The Bertz CT molecular complexity index is 1430. The predicted octanol–water partition coefficient (Wildman–Crippen LogP) is 7.89. The molecule has 36 heavy (non-hydrogen) atoms. The summed E-state index contributed by atoms with van der Waals surface area (Å²) in [6, 6.07) is 26.1. The summed E-state index contributed by atoms with van der Waals surface area (Å²) in [6.07, 6.45) is 2.77. The largest absolute Gasteiger partial charge is 0.486 e. The molecule has 4 aromatic carbocycles. The normalized spacial score (nSPS) is 16.4. The van der Waals surface area contributed by atoms with Gasteiger partial charge in [-0.25, -0.2) is 0 Å². The first kappa shape index (κ1) is 24.6. The molecule has 0 spiro atoms. The number of hydrogen-bond donors (Lipinski definition) is 2. The Morgan fingerprint density at radius 3 is 2.36 bits per heavy atom. The van der Waals surface area contributed by atoms with E-state index in [1.165, 1.54) is 22.7 Å². The van der Waals surface area contributed by atoms with E-state index in [-0.39, 0.29) is 11.4 Å². The van der Waals surface area contributed by atoms with Crippen LogP contribution in [0.2, 0.25) is 10.0 Å². The topological polar surface area (TPSA) is 50.4 Å². The quantitative estimate of drug-likeness (QED) is 0.236. The number of ether oxygens (including phenoxy) is 1. The zero-order chi connectivity index (χ0) is 25.1. The molecule has 1 atom stereocenters. The maximum Gasteiger partial charge on any atom is 0.260 e. The maximum absolute atomic E-state index is 12.5. The van der Waals surface area contributed by atoms with Crippen molar-refractivity contribution in [2.45, 2.75) is 25.4 Å². The maximum atomic E-state index is 12.5. The summed E-state index contributed by atoms with van der Waals surface area (Å²) in [5, 5.41) is 9.39. The van der Waals surface area contributed by atoms with Crippen molar-refractivity contribution in [3.63, 3.8) is 0 Å². The van der Waals surface area contributed by atoms with Gasteiger partial charge in [-0.05, 0) is 70.3 Å². The Kier molecular flexibility index (Phi) is 7.42. The van der Waals surface area contributed by atoms with Crippen LogP contribution >= 0.6 is 35.0 Å². The molecule has 0 bridgehead atoms. The van der Waals surface area contributed by atoms with E-state index >= 15 is 0 Å². The highest BCUT2D eigenvalue weighted by molar-refractivity contribution is 8.05. The molecule has 1 aliphatic rings. The van der Waals surface area contributed by atoms with Gasteiger partial charge in [-0.1, -0.05) is 90.4 Å². The van der Waals surface area contributed by atoms with E-state index in [1.54, 1.807) is 18.2 Å². The number of nitrogens with one attached hydrogen (secondary N) is 2. The highest BCUT2D eigenvalue weighted by Crippen LogP contribution is 2.37. The Morgan fingerprint density at radius 1 is 0.944 bits per heavy atom. The van der Waals surface area contributed by atoms with Crippen LogP contribution in [-0.4, -0.2) is 11.4 Å². The Hall–Kier alpha value is -3.12. The number of carbonyl (C=O) groups is 1. The molecule has 0 aromatic heterocycles. The SMILES string of the molecule is CCc1ccc(N[C@H]2NC(=O)/C(=C/c3cc(Cl)c(OCc4ccc5ccccc5c4)c(Cl)c3)S2)cc1. The molecule has 2 N–H and O–H groups in total. The van der Waals surface area contributed by atoms with Crippen LogP contribution in [-0.2, 0) is 17.8 Å². The van der Waals surface area contributed by atoms with Crippen LogP contribution in [0.3, 0.4) is 0 Å². The van der Waals surface area contributed by atoms with Crippen molar-refractivity contribution in [2.75, 3.05) is 5.32 Å². The van der Waals surface area contributed by atoms with Crippen molar-refractivity contribution in [2.24, 2.45) is 0 Å². The van der Waals surface area contributed by atoms with Gasteiger partial charge in [-0.15, -0.1) is 0 Å². The smallest absolute Gasteiger partial charge is 0.260 e. The van der Waals surface area contributed by atoms with Gasteiger partial charge in [0, 0.05) is 5.69 Å². The summed E-state index contributed by atoms with van der Waals surface area (Å²) < 4.78 is 5.97. The van der Waals surface area contributed by atoms with Crippen LogP contribution in [0.25, 0.3) is 16.8 Å². The van der Waals surface area contributed by atoms with Crippen LogP contribution in [0, 0.1) is 0 Å². The van der Waals surface area contributed by atoms with Crippen molar-refractivity contribution in [1.29, 1.82) is 0 Å². The summed E-state index contributed by atoms with van der Waals surface area (Å²) in [5.41, 5.74) is 3.71. The first-order valence-electron chi connectivity index (χ1n) is 11.6. The highest BCUT2D eigenvalue weighted by Gasteiger charge is 2.27. The molecule has 4 nitrogen and oxygen atoms in total. The molecule has 0 radical (unpaired) electrons. The van der Waals surface area contributed by atoms with E-state index in [2.05, 4.69) is 54.0 Å². The van der Waals surface area contributed by atoms with Gasteiger partial charge in [-0.2, -0.15) is 0 Å². The molecule has 0 aliphatic carbocycles. The molecular weight excluding hydrogens is 511 g/mol. The third-order valence-electron chi connectivity index (χ3n) is 5.91. The fraction of sp³-hybridized carbons (Fsp3) is 0.138. The van der Waals surface area contributed by atoms with E-state index in [0.29, 0.717) is 27.3 Å². The number of amides is 1. The molecule has 1 amide bonds. The number of anilines is 1. The average molecular weight is 535 g/mol. The van der Waals surface area contributed by atoms with Gasteiger partial charge in [0.25, 0.3) is 5.91 Å². The Labute approximate surface area is 224 Å². The third-order valence-corrected chi connectivity index (χ3v) is 7.50. The minimum Gasteiger partial charge on any atom is -0.486 e. The van der Waals surface area contributed by atoms with Crippen molar-refractivity contribution >= 4 is 63.4 Å². The molecule has 1 aliphatic heterocycles. The zero-order valence-electron chi connectivity index (χ0n) is 19.6. The number of hydrogen-bond acceptors (Lipinski definition) is 4. The third kappa shape index (κ3) is 5.65. The molecular formula is C29H24Cl2N2O2S. The van der Waals surface area contributed by atoms with Gasteiger partial charge in [-0.3, -0.25) is 4.79 Å². The van der Waals surface area contributed by atoms with E-state index in [9.17, 15) is 4.79 Å². The summed E-state index contributed by atoms with van der Waals surface area (Å²) >= 11 is 14.5. The minimum atomic E-state index is -0.258. The summed E-state index contributed by atoms with van der Waals surface area (Å²) in [7, 11) is 0.